The fourth-order valence-electron chi connectivity index (χ4n) is 2.78. The highest BCUT2D eigenvalue weighted by Gasteiger charge is 2.15. The van der Waals surface area contributed by atoms with Crippen molar-refractivity contribution in [2.45, 2.75) is 6.54 Å². The molecule has 0 aliphatic rings. The molecule has 0 saturated heterocycles. The number of nitrogens with one attached hydrogen (secondary N) is 2. The molecule has 4 N–H and O–H groups in total. The molecule has 0 atom stereocenters. The topological polar surface area (TPSA) is 142 Å². The summed E-state index contributed by atoms with van der Waals surface area (Å²) >= 11 is 1.34. The molecule has 0 spiro atoms. The van der Waals surface area contributed by atoms with E-state index in [4.69, 9.17) is 14.6 Å². The molecule has 32 heavy (non-hydrogen) atoms. The number of rotatable bonds is 8. The zero-order valence-corrected chi connectivity index (χ0v) is 18.0. The highest BCUT2D eigenvalue weighted by atomic mass is 32.1. The van der Waals surface area contributed by atoms with E-state index in [2.05, 4.69) is 20.6 Å². The van der Waals surface area contributed by atoms with Crippen LogP contribution in [0.15, 0.2) is 59.2 Å². The lowest BCUT2D eigenvalue weighted by molar-refractivity contribution is -0.135. The minimum atomic E-state index is -1.46. The lowest BCUT2D eigenvalue weighted by atomic mass is 10.2. The van der Waals surface area contributed by atoms with Gasteiger partial charge in [0.05, 0.1) is 42.6 Å². The second-order valence-corrected chi connectivity index (χ2v) is 7.27. The van der Waals surface area contributed by atoms with Crippen LogP contribution in [0, 0.1) is 0 Å². The number of hydrogen-bond acceptors (Lipinski definition) is 7. The fourth-order valence-corrected chi connectivity index (χ4v) is 3.65. The Morgan fingerprint density at radius 2 is 1.78 bits per heavy atom. The van der Waals surface area contributed by atoms with Crippen LogP contribution in [0.4, 0.5) is 5.13 Å². The van der Waals surface area contributed by atoms with Crippen molar-refractivity contribution in [2.24, 2.45) is 4.99 Å². The lowest BCUT2D eigenvalue weighted by Gasteiger charge is -2.14. The SMILES string of the molecule is COc1cccc(OC)c1CN=C(N/C(=C\C(=O)O)C(=O)O)Nc1nc2ccccc2s1. The standard InChI is InChI=1S/C21H20N4O6S/c1-30-15-7-5-8-16(31-2)12(15)11-22-20(23-14(19(28)29)10-18(26)27)25-21-24-13-6-3-4-9-17(13)32-21/h3-10H,11H2,1-2H3,(H,26,27)(H,28,29)(H2,22,23,24,25)/b14-10-. The third-order valence-corrected chi connectivity index (χ3v) is 5.15. The number of anilines is 1. The first-order valence-electron chi connectivity index (χ1n) is 9.23. The number of guanidine groups is 1. The number of nitrogens with zero attached hydrogens (tertiary/aromatic N) is 2. The van der Waals surface area contributed by atoms with Crippen molar-refractivity contribution in [1.29, 1.82) is 0 Å². The first-order chi connectivity index (χ1) is 15.4. The Morgan fingerprint density at radius 3 is 2.38 bits per heavy atom. The molecule has 11 heteroatoms. The summed E-state index contributed by atoms with van der Waals surface area (Å²) in [7, 11) is 3.03. The summed E-state index contributed by atoms with van der Waals surface area (Å²) < 4.78 is 11.7. The number of benzene rings is 2. The van der Waals surface area contributed by atoms with Crippen LogP contribution < -0.4 is 20.1 Å². The summed E-state index contributed by atoms with van der Waals surface area (Å²) in [5.41, 5.74) is 0.809. The molecule has 3 rings (SSSR count). The van der Waals surface area contributed by atoms with Gasteiger partial charge in [-0.1, -0.05) is 29.5 Å². The average Bonchev–Trinajstić information content (AvgIpc) is 3.18. The number of fused-ring (bicyclic) bond motifs is 1. The predicted octanol–water partition coefficient (Wildman–Crippen LogP) is 2.92. The number of methoxy groups -OCH3 is 2. The molecule has 2 aromatic carbocycles. The summed E-state index contributed by atoms with van der Waals surface area (Å²) in [4.78, 5) is 31.4. The predicted molar refractivity (Wildman–Crippen MR) is 120 cm³/mol. The number of aromatic nitrogens is 1. The third kappa shape index (κ3) is 5.52. The monoisotopic (exact) mass is 456 g/mol. The summed E-state index contributed by atoms with van der Waals surface area (Å²) in [6, 6.07) is 12.7. The Bertz CT molecular complexity index is 1150. The molecule has 0 unspecified atom stereocenters. The van der Waals surface area contributed by atoms with E-state index in [0.717, 1.165) is 10.2 Å². The third-order valence-electron chi connectivity index (χ3n) is 4.20. The number of aliphatic carboxylic acids is 2. The minimum absolute atomic E-state index is 0.00749. The smallest absolute Gasteiger partial charge is 0.352 e. The van der Waals surface area contributed by atoms with Crippen LogP contribution in [0.2, 0.25) is 0 Å². The van der Waals surface area contributed by atoms with Gasteiger partial charge in [0.1, 0.15) is 17.2 Å². The Hall–Kier alpha value is -4.12. The Kier molecular flexibility index (Phi) is 7.24. The van der Waals surface area contributed by atoms with Crippen molar-refractivity contribution >= 4 is 44.6 Å². The normalized spacial score (nSPS) is 11.8. The Morgan fingerprint density at radius 1 is 1.09 bits per heavy atom. The minimum Gasteiger partial charge on any atom is -0.496 e. The molecule has 1 heterocycles. The van der Waals surface area contributed by atoms with Crippen LogP contribution in [-0.2, 0) is 16.1 Å². The van der Waals surface area contributed by atoms with E-state index >= 15 is 0 Å². The van der Waals surface area contributed by atoms with Crippen molar-refractivity contribution in [3.8, 4) is 11.5 Å². The number of para-hydroxylation sites is 1. The molecule has 10 nitrogen and oxygen atoms in total. The van der Waals surface area contributed by atoms with E-state index in [1.807, 2.05) is 24.3 Å². The molecule has 0 radical (unpaired) electrons. The molecule has 0 saturated carbocycles. The summed E-state index contributed by atoms with van der Waals surface area (Å²) in [5, 5.41) is 24.3. The molecule has 1 aromatic heterocycles. The van der Waals surface area contributed by atoms with E-state index in [1.165, 1.54) is 25.6 Å². The van der Waals surface area contributed by atoms with Crippen LogP contribution in [0.5, 0.6) is 11.5 Å². The zero-order valence-electron chi connectivity index (χ0n) is 17.2. The molecular formula is C21H20N4O6S. The molecule has 0 bridgehead atoms. The highest BCUT2D eigenvalue weighted by molar-refractivity contribution is 7.22. The second kappa shape index (κ2) is 10.3. The number of ether oxygens (including phenoxy) is 2. The maximum atomic E-state index is 11.5. The zero-order chi connectivity index (χ0) is 23.1. The van der Waals surface area contributed by atoms with E-state index in [-0.39, 0.29) is 12.5 Å². The summed E-state index contributed by atoms with van der Waals surface area (Å²) in [5.74, 6) is -1.81. The number of carbonyl (C=O) groups is 2. The molecule has 166 valence electrons. The molecule has 3 aromatic rings. The van der Waals surface area contributed by atoms with Crippen LogP contribution in [0.3, 0.4) is 0 Å². The van der Waals surface area contributed by atoms with Gasteiger partial charge in [-0.25, -0.2) is 19.6 Å². The van der Waals surface area contributed by atoms with E-state index in [9.17, 15) is 14.7 Å². The van der Waals surface area contributed by atoms with Gasteiger partial charge in [0.15, 0.2) is 5.13 Å². The van der Waals surface area contributed by atoms with Crippen LogP contribution in [0.25, 0.3) is 10.2 Å². The van der Waals surface area contributed by atoms with E-state index in [1.54, 1.807) is 18.2 Å². The van der Waals surface area contributed by atoms with E-state index < -0.39 is 17.6 Å². The Labute approximate surface area is 186 Å². The fraction of sp³-hybridized carbons (Fsp3) is 0.143. The van der Waals surface area contributed by atoms with Gasteiger partial charge in [0.2, 0.25) is 5.96 Å². The molecule has 0 aliphatic heterocycles. The van der Waals surface area contributed by atoms with Crippen LogP contribution >= 0.6 is 11.3 Å². The van der Waals surface area contributed by atoms with Gasteiger partial charge in [0, 0.05) is 0 Å². The van der Waals surface area contributed by atoms with Crippen molar-refractivity contribution < 1.29 is 29.3 Å². The van der Waals surface area contributed by atoms with Gasteiger partial charge in [-0.05, 0) is 24.3 Å². The van der Waals surface area contributed by atoms with Crippen LogP contribution in [0.1, 0.15) is 5.56 Å². The van der Waals surface area contributed by atoms with Gasteiger partial charge in [-0.2, -0.15) is 0 Å². The first-order valence-corrected chi connectivity index (χ1v) is 10.0. The average molecular weight is 456 g/mol. The molecule has 0 amide bonds. The maximum absolute atomic E-state index is 11.5. The summed E-state index contributed by atoms with van der Waals surface area (Å²) in [6.45, 7) is 0.0490. The molecular weight excluding hydrogens is 436 g/mol. The number of aliphatic imine (C=N–C) groups is 1. The van der Waals surface area contributed by atoms with Gasteiger partial charge in [0.25, 0.3) is 0 Å². The highest BCUT2D eigenvalue weighted by Crippen LogP contribution is 2.29. The van der Waals surface area contributed by atoms with Crippen LogP contribution in [-0.4, -0.2) is 47.3 Å². The molecule has 0 fully saturated rings. The van der Waals surface area contributed by atoms with Crippen molar-refractivity contribution in [1.82, 2.24) is 10.3 Å². The van der Waals surface area contributed by atoms with Gasteiger partial charge in [-0.3, -0.25) is 0 Å². The van der Waals surface area contributed by atoms with Crippen molar-refractivity contribution in [3.05, 3.63) is 59.8 Å². The van der Waals surface area contributed by atoms with E-state index in [0.29, 0.717) is 28.3 Å². The molecule has 0 aliphatic carbocycles. The number of hydrogen-bond donors (Lipinski definition) is 4. The van der Waals surface area contributed by atoms with Crippen molar-refractivity contribution in [3.63, 3.8) is 0 Å². The van der Waals surface area contributed by atoms with Gasteiger partial charge < -0.3 is 30.3 Å². The number of carboxylic acid groups (broad SMARTS) is 2. The summed E-state index contributed by atoms with van der Waals surface area (Å²) in [6.07, 6.45) is 0.543. The lowest BCUT2D eigenvalue weighted by Crippen LogP contribution is -2.33. The van der Waals surface area contributed by atoms with Gasteiger partial charge >= 0.3 is 11.9 Å². The number of thiazole rings is 1. The number of carboxylic acids is 2. The second-order valence-electron chi connectivity index (χ2n) is 6.24. The van der Waals surface area contributed by atoms with Crippen molar-refractivity contribution in [2.75, 3.05) is 19.5 Å². The first kappa shape index (κ1) is 22.6. The van der Waals surface area contributed by atoms with Gasteiger partial charge in [-0.15, -0.1) is 0 Å². The quantitative estimate of drug-likeness (QED) is 0.229. The Balaban J connectivity index is 1.97. The maximum Gasteiger partial charge on any atom is 0.352 e. The largest absolute Gasteiger partial charge is 0.496 e.